The Balaban J connectivity index is 1.81. The molecule has 2 rings (SSSR count). The van der Waals surface area contributed by atoms with Gasteiger partial charge in [-0.05, 0) is 36.5 Å². The van der Waals surface area contributed by atoms with Crippen LogP contribution >= 0.6 is 0 Å². The summed E-state index contributed by atoms with van der Waals surface area (Å²) in [5, 5.41) is 0. The monoisotopic (exact) mass is 305 g/mol. The van der Waals surface area contributed by atoms with Gasteiger partial charge in [0.05, 0.1) is 13.2 Å². The summed E-state index contributed by atoms with van der Waals surface area (Å²) in [4.78, 5) is 6.69. The Kier molecular flexibility index (Phi) is 6.52. The van der Waals surface area contributed by atoms with Crippen molar-refractivity contribution in [2.75, 3.05) is 33.4 Å². The van der Waals surface area contributed by atoms with Gasteiger partial charge < -0.3 is 20.1 Å². The standard InChI is InChI=1S/C17H27N3O2/c1-14-7-9-20(10-8-14)17(18)19-13-15-3-5-16(6-4-15)22-12-11-21-2/h3-6,14H,7-13H2,1-2H3,(H2,18,19). The van der Waals surface area contributed by atoms with Crippen molar-refractivity contribution in [1.29, 1.82) is 0 Å². The van der Waals surface area contributed by atoms with Gasteiger partial charge in [0.15, 0.2) is 5.96 Å². The molecule has 2 N–H and O–H groups in total. The third-order valence-electron chi connectivity index (χ3n) is 4.01. The van der Waals surface area contributed by atoms with Crippen LogP contribution < -0.4 is 10.5 Å². The van der Waals surface area contributed by atoms with Crippen LogP contribution in [0.4, 0.5) is 0 Å². The highest BCUT2D eigenvalue weighted by molar-refractivity contribution is 5.78. The molecule has 0 amide bonds. The molecule has 0 unspecified atom stereocenters. The lowest BCUT2D eigenvalue weighted by Gasteiger charge is -2.31. The zero-order valence-electron chi connectivity index (χ0n) is 13.6. The first-order valence-electron chi connectivity index (χ1n) is 7.94. The normalized spacial score (nSPS) is 16.8. The zero-order valence-corrected chi connectivity index (χ0v) is 13.6. The van der Waals surface area contributed by atoms with E-state index >= 15 is 0 Å². The predicted octanol–water partition coefficient (Wildman–Crippen LogP) is 2.26. The fourth-order valence-corrected chi connectivity index (χ4v) is 2.44. The molecule has 1 saturated heterocycles. The SMILES string of the molecule is COCCOc1ccc(CN=C(N)N2CCC(C)CC2)cc1. The molecule has 1 aliphatic rings. The summed E-state index contributed by atoms with van der Waals surface area (Å²) >= 11 is 0. The number of piperidine rings is 1. The lowest BCUT2D eigenvalue weighted by molar-refractivity contribution is 0.146. The molecule has 1 aliphatic heterocycles. The number of hydrogen-bond donors (Lipinski definition) is 1. The van der Waals surface area contributed by atoms with Crippen molar-refractivity contribution in [3.63, 3.8) is 0 Å². The number of ether oxygens (including phenoxy) is 2. The maximum atomic E-state index is 6.09. The van der Waals surface area contributed by atoms with Crippen LogP contribution in [0.1, 0.15) is 25.3 Å². The van der Waals surface area contributed by atoms with Crippen LogP contribution in [0.3, 0.4) is 0 Å². The van der Waals surface area contributed by atoms with Crippen LogP contribution in [0.15, 0.2) is 29.3 Å². The van der Waals surface area contributed by atoms with Crippen LogP contribution in [0.2, 0.25) is 0 Å². The third kappa shape index (κ3) is 5.22. The molecule has 1 heterocycles. The number of hydrogen-bond acceptors (Lipinski definition) is 3. The van der Waals surface area contributed by atoms with E-state index in [-0.39, 0.29) is 0 Å². The highest BCUT2D eigenvalue weighted by atomic mass is 16.5. The molecule has 1 aromatic rings. The van der Waals surface area contributed by atoms with Gasteiger partial charge in [-0.15, -0.1) is 0 Å². The van der Waals surface area contributed by atoms with E-state index in [2.05, 4.69) is 16.8 Å². The van der Waals surface area contributed by atoms with E-state index in [1.807, 2.05) is 24.3 Å². The fourth-order valence-electron chi connectivity index (χ4n) is 2.44. The molecule has 1 fully saturated rings. The summed E-state index contributed by atoms with van der Waals surface area (Å²) in [6, 6.07) is 7.97. The average molecular weight is 305 g/mol. The smallest absolute Gasteiger partial charge is 0.191 e. The Morgan fingerprint density at radius 2 is 1.91 bits per heavy atom. The number of nitrogens with zero attached hydrogens (tertiary/aromatic N) is 2. The van der Waals surface area contributed by atoms with Crippen LogP contribution in [0, 0.1) is 5.92 Å². The van der Waals surface area contributed by atoms with E-state index in [9.17, 15) is 0 Å². The molecule has 22 heavy (non-hydrogen) atoms. The molecule has 0 spiro atoms. The Morgan fingerprint density at radius 1 is 1.23 bits per heavy atom. The second-order valence-corrected chi connectivity index (χ2v) is 5.83. The Morgan fingerprint density at radius 3 is 2.55 bits per heavy atom. The van der Waals surface area contributed by atoms with Gasteiger partial charge in [0.1, 0.15) is 12.4 Å². The van der Waals surface area contributed by atoms with Crippen molar-refractivity contribution >= 4 is 5.96 Å². The van der Waals surface area contributed by atoms with Gasteiger partial charge in [-0.25, -0.2) is 4.99 Å². The molecule has 0 atom stereocenters. The summed E-state index contributed by atoms with van der Waals surface area (Å²) in [5.41, 5.74) is 7.22. The van der Waals surface area contributed by atoms with Gasteiger partial charge in [-0.1, -0.05) is 19.1 Å². The molecular weight excluding hydrogens is 278 g/mol. The molecule has 122 valence electrons. The maximum absolute atomic E-state index is 6.09. The Labute approximate surface area is 133 Å². The number of nitrogens with two attached hydrogens (primary N) is 1. The first-order valence-corrected chi connectivity index (χ1v) is 7.94. The molecule has 0 radical (unpaired) electrons. The maximum Gasteiger partial charge on any atom is 0.191 e. The average Bonchev–Trinajstić information content (AvgIpc) is 2.55. The van der Waals surface area contributed by atoms with Gasteiger partial charge >= 0.3 is 0 Å². The topological polar surface area (TPSA) is 60.1 Å². The number of benzene rings is 1. The second-order valence-electron chi connectivity index (χ2n) is 5.83. The van der Waals surface area contributed by atoms with Crippen LogP contribution in [0.25, 0.3) is 0 Å². The molecule has 0 bridgehead atoms. The van der Waals surface area contributed by atoms with Crippen molar-refractivity contribution in [2.45, 2.75) is 26.3 Å². The van der Waals surface area contributed by atoms with E-state index < -0.39 is 0 Å². The van der Waals surface area contributed by atoms with Crippen LogP contribution in [-0.2, 0) is 11.3 Å². The summed E-state index contributed by atoms with van der Waals surface area (Å²) < 4.78 is 10.5. The van der Waals surface area contributed by atoms with E-state index in [0.717, 1.165) is 30.3 Å². The Bertz CT molecular complexity index is 465. The highest BCUT2D eigenvalue weighted by Crippen LogP contribution is 2.16. The van der Waals surface area contributed by atoms with E-state index in [0.29, 0.717) is 25.7 Å². The van der Waals surface area contributed by atoms with Crippen LogP contribution in [0.5, 0.6) is 5.75 Å². The minimum absolute atomic E-state index is 0.564. The molecule has 0 aromatic heterocycles. The lowest BCUT2D eigenvalue weighted by atomic mass is 10.00. The quantitative estimate of drug-likeness (QED) is 0.497. The van der Waals surface area contributed by atoms with Crippen molar-refractivity contribution in [3.05, 3.63) is 29.8 Å². The molecule has 0 saturated carbocycles. The molecule has 5 nitrogen and oxygen atoms in total. The number of rotatable bonds is 6. The number of guanidine groups is 1. The van der Waals surface area contributed by atoms with E-state index in [1.165, 1.54) is 12.8 Å². The van der Waals surface area contributed by atoms with Gasteiger partial charge in [0.25, 0.3) is 0 Å². The number of likely N-dealkylation sites (tertiary alicyclic amines) is 1. The van der Waals surface area contributed by atoms with Crippen molar-refractivity contribution < 1.29 is 9.47 Å². The van der Waals surface area contributed by atoms with Crippen molar-refractivity contribution in [2.24, 2.45) is 16.6 Å². The van der Waals surface area contributed by atoms with Gasteiger partial charge in [-0.3, -0.25) is 0 Å². The summed E-state index contributed by atoms with van der Waals surface area (Å²) in [5.74, 6) is 2.31. The van der Waals surface area contributed by atoms with Gasteiger partial charge in [0.2, 0.25) is 0 Å². The van der Waals surface area contributed by atoms with Crippen LogP contribution in [-0.4, -0.2) is 44.3 Å². The molecular formula is C17H27N3O2. The van der Waals surface area contributed by atoms with E-state index in [1.54, 1.807) is 7.11 Å². The predicted molar refractivity (Wildman–Crippen MR) is 89.1 cm³/mol. The number of methoxy groups -OCH3 is 1. The summed E-state index contributed by atoms with van der Waals surface area (Å²) in [7, 11) is 1.66. The number of aliphatic imine (C=N–C) groups is 1. The molecule has 1 aromatic carbocycles. The minimum Gasteiger partial charge on any atom is -0.491 e. The third-order valence-corrected chi connectivity index (χ3v) is 4.01. The second kappa shape index (κ2) is 8.63. The largest absolute Gasteiger partial charge is 0.491 e. The summed E-state index contributed by atoms with van der Waals surface area (Å²) in [6.45, 7) is 6.09. The fraction of sp³-hybridized carbons (Fsp3) is 0.588. The van der Waals surface area contributed by atoms with Gasteiger partial charge in [-0.2, -0.15) is 0 Å². The molecule has 5 heteroatoms. The molecule has 0 aliphatic carbocycles. The lowest BCUT2D eigenvalue weighted by Crippen LogP contribution is -2.42. The zero-order chi connectivity index (χ0) is 15.8. The van der Waals surface area contributed by atoms with Crippen molar-refractivity contribution in [3.8, 4) is 5.75 Å². The minimum atomic E-state index is 0.564. The van der Waals surface area contributed by atoms with Crippen molar-refractivity contribution in [1.82, 2.24) is 4.90 Å². The first kappa shape index (κ1) is 16.6. The summed E-state index contributed by atoms with van der Waals surface area (Å²) in [6.07, 6.45) is 2.40. The highest BCUT2D eigenvalue weighted by Gasteiger charge is 2.16. The van der Waals surface area contributed by atoms with Gasteiger partial charge in [0, 0.05) is 20.2 Å². The first-order chi connectivity index (χ1) is 10.7. The Hall–Kier alpha value is -1.75. The van der Waals surface area contributed by atoms with E-state index in [4.69, 9.17) is 15.2 Å².